The number of nitrogens with two attached hydrogens (primary N) is 2. The van der Waals surface area contributed by atoms with Gasteiger partial charge in [0, 0.05) is 5.56 Å². The van der Waals surface area contributed by atoms with Crippen LogP contribution >= 0.6 is 0 Å². The van der Waals surface area contributed by atoms with E-state index in [4.69, 9.17) is 11.5 Å². The van der Waals surface area contributed by atoms with Crippen molar-refractivity contribution in [3.8, 4) is 0 Å². The molecule has 1 aromatic rings. The first-order valence-corrected chi connectivity index (χ1v) is 3.70. The Morgan fingerprint density at radius 3 is 2.29 bits per heavy atom. The van der Waals surface area contributed by atoms with Crippen LogP contribution in [0.4, 0.5) is 23.2 Å². The van der Waals surface area contributed by atoms with Gasteiger partial charge in [-0.25, -0.2) is 4.39 Å². The summed E-state index contributed by atoms with van der Waals surface area (Å²) in [6.45, 7) is 0. The number of nitrogen functional groups attached to an aromatic ring is 1. The zero-order valence-corrected chi connectivity index (χ0v) is 6.98. The molecule has 4 N–H and O–H groups in total. The summed E-state index contributed by atoms with van der Waals surface area (Å²) in [4.78, 5) is 0. The third kappa shape index (κ3) is 1.95. The monoisotopic (exact) mass is 208 g/mol. The molecule has 0 aromatic heterocycles. The number of rotatable bonds is 1. The van der Waals surface area contributed by atoms with Crippen molar-refractivity contribution in [3.05, 3.63) is 29.6 Å². The first kappa shape index (κ1) is 10.8. The van der Waals surface area contributed by atoms with Gasteiger partial charge in [0.1, 0.15) is 11.9 Å². The first-order valence-electron chi connectivity index (χ1n) is 3.70. The molecule has 2 nitrogen and oxygen atoms in total. The van der Waals surface area contributed by atoms with Crippen molar-refractivity contribution in [2.24, 2.45) is 5.73 Å². The van der Waals surface area contributed by atoms with Crippen molar-refractivity contribution in [2.45, 2.75) is 12.2 Å². The van der Waals surface area contributed by atoms with E-state index in [1.54, 1.807) is 0 Å². The van der Waals surface area contributed by atoms with E-state index >= 15 is 0 Å². The van der Waals surface area contributed by atoms with Crippen LogP contribution in [0.1, 0.15) is 11.6 Å². The average molecular weight is 208 g/mol. The van der Waals surface area contributed by atoms with Crippen LogP contribution in [-0.2, 0) is 0 Å². The number of anilines is 1. The van der Waals surface area contributed by atoms with Gasteiger partial charge in [0.2, 0.25) is 0 Å². The van der Waals surface area contributed by atoms with Gasteiger partial charge in [0.25, 0.3) is 0 Å². The lowest BCUT2D eigenvalue weighted by molar-refractivity contribution is -0.149. The molecule has 0 unspecified atom stereocenters. The molecule has 78 valence electrons. The maximum atomic E-state index is 12.8. The lowest BCUT2D eigenvalue weighted by atomic mass is 10.1. The van der Waals surface area contributed by atoms with Gasteiger partial charge in [-0.2, -0.15) is 13.2 Å². The van der Waals surface area contributed by atoms with Gasteiger partial charge >= 0.3 is 6.18 Å². The topological polar surface area (TPSA) is 52.0 Å². The lowest BCUT2D eigenvalue weighted by Gasteiger charge is -2.17. The fourth-order valence-corrected chi connectivity index (χ4v) is 1.00. The van der Waals surface area contributed by atoms with Crippen LogP contribution in [-0.4, -0.2) is 6.18 Å². The minimum Gasteiger partial charge on any atom is -0.396 e. The van der Waals surface area contributed by atoms with Crippen LogP contribution in [0.2, 0.25) is 0 Å². The second kappa shape index (κ2) is 3.45. The summed E-state index contributed by atoms with van der Waals surface area (Å²) in [5.41, 5.74) is 8.99. The van der Waals surface area contributed by atoms with E-state index in [9.17, 15) is 17.6 Å². The maximum absolute atomic E-state index is 12.8. The van der Waals surface area contributed by atoms with Crippen molar-refractivity contribution in [3.63, 3.8) is 0 Å². The van der Waals surface area contributed by atoms with Gasteiger partial charge < -0.3 is 11.5 Å². The molecule has 0 saturated carbocycles. The SMILES string of the molecule is Nc1c(F)cccc1[C@@H](N)C(F)(F)F. The van der Waals surface area contributed by atoms with Crippen LogP contribution in [0.25, 0.3) is 0 Å². The molecular weight excluding hydrogens is 200 g/mol. The van der Waals surface area contributed by atoms with Gasteiger partial charge in [-0.1, -0.05) is 12.1 Å². The highest BCUT2D eigenvalue weighted by Gasteiger charge is 2.39. The zero-order chi connectivity index (χ0) is 10.9. The van der Waals surface area contributed by atoms with Crippen LogP contribution in [0.5, 0.6) is 0 Å². The van der Waals surface area contributed by atoms with Gasteiger partial charge in [0.15, 0.2) is 0 Å². The zero-order valence-electron chi connectivity index (χ0n) is 6.98. The lowest BCUT2D eigenvalue weighted by Crippen LogP contribution is -2.29. The summed E-state index contributed by atoms with van der Waals surface area (Å²) in [6, 6.07) is 0.906. The average Bonchev–Trinajstić information content (AvgIpc) is 2.07. The van der Waals surface area contributed by atoms with E-state index in [0.717, 1.165) is 18.2 Å². The standard InChI is InChI=1S/C8H8F4N2/c9-5-3-1-2-4(6(5)13)7(14)8(10,11)12/h1-3,7H,13-14H2/t7-/m1/s1. The predicted molar refractivity (Wildman–Crippen MR) is 43.8 cm³/mol. The summed E-state index contributed by atoms with van der Waals surface area (Å²) in [7, 11) is 0. The minimum absolute atomic E-state index is 0.447. The van der Waals surface area contributed by atoms with E-state index in [0.29, 0.717) is 0 Å². The largest absolute Gasteiger partial charge is 0.407 e. The molecule has 0 radical (unpaired) electrons. The Morgan fingerprint density at radius 1 is 1.21 bits per heavy atom. The number of alkyl halides is 3. The molecular formula is C8H8F4N2. The van der Waals surface area contributed by atoms with Crippen molar-refractivity contribution in [1.29, 1.82) is 0 Å². The number of hydrogen-bond acceptors (Lipinski definition) is 2. The van der Waals surface area contributed by atoms with Crippen molar-refractivity contribution in [2.75, 3.05) is 5.73 Å². The summed E-state index contributed by atoms with van der Waals surface area (Å²) in [6.07, 6.45) is -4.62. The number of hydrogen-bond donors (Lipinski definition) is 2. The Bertz CT molecular complexity index is 335. The minimum atomic E-state index is -4.62. The molecule has 0 heterocycles. The molecule has 6 heteroatoms. The number of benzene rings is 1. The predicted octanol–water partition coefficient (Wildman–Crippen LogP) is 1.97. The Hall–Kier alpha value is -1.30. The first-order chi connectivity index (χ1) is 6.34. The maximum Gasteiger partial charge on any atom is 0.407 e. The normalized spacial score (nSPS) is 14.1. The van der Waals surface area contributed by atoms with E-state index in [2.05, 4.69) is 0 Å². The quantitative estimate of drug-likeness (QED) is 0.547. The van der Waals surface area contributed by atoms with Crippen molar-refractivity contribution >= 4 is 5.69 Å². The number of para-hydroxylation sites is 1. The molecule has 0 spiro atoms. The van der Waals surface area contributed by atoms with Crippen molar-refractivity contribution < 1.29 is 17.6 Å². The molecule has 0 aliphatic heterocycles. The van der Waals surface area contributed by atoms with Crippen LogP contribution in [0.15, 0.2) is 18.2 Å². The summed E-state index contributed by atoms with van der Waals surface area (Å²) in [5, 5.41) is 0. The molecule has 1 aromatic carbocycles. The molecule has 0 bridgehead atoms. The molecule has 0 saturated heterocycles. The molecule has 14 heavy (non-hydrogen) atoms. The van der Waals surface area contributed by atoms with Gasteiger partial charge in [0.05, 0.1) is 5.69 Å². The Kier molecular flexibility index (Phi) is 2.66. The highest BCUT2D eigenvalue weighted by molar-refractivity contribution is 5.49. The summed E-state index contributed by atoms with van der Waals surface area (Å²) in [5.74, 6) is -0.901. The second-order valence-corrected chi connectivity index (χ2v) is 2.76. The van der Waals surface area contributed by atoms with Crippen LogP contribution < -0.4 is 11.5 Å². The van der Waals surface area contributed by atoms with Crippen LogP contribution in [0, 0.1) is 5.82 Å². The van der Waals surface area contributed by atoms with E-state index < -0.39 is 29.3 Å². The van der Waals surface area contributed by atoms with Gasteiger partial charge in [-0.15, -0.1) is 0 Å². The molecule has 0 aliphatic carbocycles. The van der Waals surface area contributed by atoms with Gasteiger partial charge in [-0.05, 0) is 6.07 Å². The fraction of sp³-hybridized carbons (Fsp3) is 0.250. The smallest absolute Gasteiger partial charge is 0.396 e. The molecule has 0 fully saturated rings. The highest BCUT2D eigenvalue weighted by Crippen LogP contribution is 2.33. The van der Waals surface area contributed by atoms with E-state index in [1.807, 2.05) is 0 Å². The Labute approximate surface area is 77.5 Å². The third-order valence-corrected chi connectivity index (χ3v) is 1.77. The van der Waals surface area contributed by atoms with Crippen molar-refractivity contribution in [1.82, 2.24) is 0 Å². The van der Waals surface area contributed by atoms with Gasteiger partial charge in [-0.3, -0.25) is 0 Å². The molecule has 1 atom stereocenters. The fourth-order valence-electron chi connectivity index (χ4n) is 1.00. The summed E-state index contributed by atoms with van der Waals surface area (Å²) < 4.78 is 49.2. The molecule has 0 amide bonds. The van der Waals surface area contributed by atoms with E-state index in [1.165, 1.54) is 0 Å². The summed E-state index contributed by atoms with van der Waals surface area (Å²) >= 11 is 0. The highest BCUT2D eigenvalue weighted by atomic mass is 19.4. The third-order valence-electron chi connectivity index (χ3n) is 1.77. The Morgan fingerprint density at radius 2 is 1.79 bits per heavy atom. The molecule has 0 aliphatic rings. The molecule has 1 rings (SSSR count). The second-order valence-electron chi connectivity index (χ2n) is 2.76. The van der Waals surface area contributed by atoms with E-state index in [-0.39, 0.29) is 0 Å². The van der Waals surface area contributed by atoms with Crippen LogP contribution in [0.3, 0.4) is 0 Å². The Balaban J connectivity index is 3.14. The number of halogens is 4.